The Bertz CT molecular complexity index is 401. The van der Waals surface area contributed by atoms with Crippen molar-refractivity contribution in [2.75, 3.05) is 54.9 Å². The molecule has 0 saturated carbocycles. The first-order chi connectivity index (χ1) is 17.7. The van der Waals surface area contributed by atoms with Gasteiger partial charge in [-0.25, -0.2) is 0 Å². The van der Waals surface area contributed by atoms with Crippen LogP contribution < -0.4 is 29.4 Å². The minimum Gasteiger partial charge on any atom is -1.00 e. The molecule has 2 nitrogen and oxygen atoms in total. The lowest BCUT2D eigenvalue weighted by molar-refractivity contribution is -0.890. The SMILES string of the molecule is CCCCCCCCCC[N+](C)(C)C.CCCCCCCCCC[N+](C)(C)CCCCCCCCCC.[Br-].[Cl-]. The van der Waals surface area contributed by atoms with Crippen LogP contribution in [-0.4, -0.2) is 63.8 Å². The van der Waals surface area contributed by atoms with Gasteiger partial charge in [-0.1, -0.05) is 136 Å². The zero-order valence-corrected chi connectivity index (χ0v) is 31.1. The lowest BCUT2D eigenvalue weighted by atomic mass is 10.1. The fraction of sp³-hybridized carbons (Fsp3) is 1.00. The van der Waals surface area contributed by atoms with Gasteiger partial charge in [-0.3, -0.25) is 0 Å². The van der Waals surface area contributed by atoms with Crippen molar-refractivity contribution in [3.8, 4) is 0 Å². The van der Waals surface area contributed by atoms with Crippen molar-refractivity contribution in [1.82, 2.24) is 0 Å². The van der Waals surface area contributed by atoms with Crippen LogP contribution in [0.25, 0.3) is 0 Å². The average molecular weight is 642 g/mol. The van der Waals surface area contributed by atoms with Gasteiger partial charge in [0.25, 0.3) is 0 Å². The predicted molar refractivity (Wildman–Crippen MR) is 173 cm³/mol. The van der Waals surface area contributed by atoms with Crippen LogP contribution in [0.3, 0.4) is 0 Å². The molecular weight excluding hydrogens is 564 g/mol. The second kappa shape index (κ2) is 34.9. The molecular formula is C35H78BrClN2. The molecule has 0 atom stereocenters. The number of hydrogen-bond donors (Lipinski definition) is 0. The average Bonchev–Trinajstić information content (AvgIpc) is 2.84. The summed E-state index contributed by atoms with van der Waals surface area (Å²) >= 11 is 0. The fourth-order valence-electron chi connectivity index (χ4n) is 5.18. The van der Waals surface area contributed by atoms with E-state index in [2.05, 4.69) is 56.0 Å². The third-order valence-corrected chi connectivity index (χ3v) is 7.92. The minimum atomic E-state index is 0. The van der Waals surface area contributed by atoms with Crippen molar-refractivity contribution < 1.29 is 38.4 Å². The molecule has 0 heterocycles. The lowest BCUT2D eigenvalue weighted by Crippen LogP contribution is -3.00. The van der Waals surface area contributed by atoms with E-state index in [1.54, 1.807) is 0 Å². The van der Waals surface area contributed by atoms with E-state index in [0.717, 1.165) is 4.48 Å². The van der Waals surface area contributed by atoms with Gasteiger partial charge in [-0.2, -0.15) is 0 Å². The molecule has 0 unspecified atom stereocenters. The minimum absolute atomic E-state index is 0. The van der Waals surface area contributed by atoms with E-state index in [4.69, 9.17) is 0 Å². The Kier molecular flexibility index (Phi) is 41.7. The van der Waals surface area contributed by atoms with E-state index in [1.807, 2.05) is 0 Å². The summed E-state index contributed by atoms with van der Waals surface area (Å²) in [6.45, 7) is 11.0. The summed E-state index contributed by atoms with van der Waals surface area (Å²) in [6.07, 6.45) is 34.5. The number of rotatable bonds is 27. The Morgan fingerprint density at radius 2 is 0.513 bits per heavy atom. The first kappa shape index (κ1) is 46.6. The zero-order valence-electron chi connectivity index (χ0n) is 28.7. The fourth-order valence-corrected chi connectivity index (χ4v) is 5.18. The van der Waals surface area contributed by atoms with Gasteiger partial charge in [0.1, 0.15) is 0 Å². The lowest BCUT2D eigenvalue weighted by Gasteiger charge is -2.30. The molecule has 0 aromatic heterocycles. The highest BCUT2D eigenvalue weighted by Gasteiger charge is 2.13. The third-order valence-electron chi connectivity index (χ3n) is 7.92. The molecule has 0 saturated heterocycles. The Labute approximate surface area is 267 Å². The number of nitrogens with zero attached hydrogens (tertiary/aromatic N) is 2. The molecule has 0 bridgehead atoms. The molecule has 0 radical (unpaired) electrons. The highest BCUT2D eigenvalue weighted by atomic mass is 79.9. The van der Waals surface area contributed by atoms with E-state index in [1.165, 1.54) is 178 Å². The van der Waals surface area contributed by atoms with Crippen molar-refractivity contribution in [2.24, 2.45) is 0 Å². The number of hydrogen-bond acceptors (Lipinski definition) is 0. The Hall–Kier alpha value is 0.690. The van der Waals surface area contributed by atoms with Gasteiger partial charge < -0.3 is 38.4 Å². The first-order valence-electron chi connectivity index (χ1n) is 17.3. The molecule has 0 fully saturated rings. The molecule has 0 spiro atoms. The van der Waals surface area contributed by atoms with Gasteiger partial charge in [0.2, 0.25) is 0 Å². The number of unbranched alkanes of at least 4 members (excludes halogenated alkanes) is 21. The molecule has 0 aliphatic carbocycles. The van der Waals surface area contributed by atoms with Gasteiger partial charge in [-0.15, -0.1) is 0 Å². The van der Waals surface area contributed by atoms with Crippen LogP contribution in [0, 0.1) is 0 Å². The topological polar surface area (TPSA) is 0 Å². The van der Waals surface area contributed by atoms with E-state index in [9.17, 15) is 0 Å². The first-order valence-corrected chi connectivity index (χ1v) is 17.3. The number of halogens is 2. The van der Waals surface area contributed by atoms with Gasteiger partial charge in [-0.05, 0) is 38.5 Å². The van der Waals surface area contributed by atoms with Crippen LogP contribution in [0.2, 0.25) is 0 Å². The Morgan fingerprint density at radius 3 is 0.744 bits per heavy atom. The second-order valence-electron chi connectivity index (χ2n) is 13.8. The van der Waals surface area contributed by atoms with E-state index < -0.39 is 0 Å². The monoisotopic (exact) mass is 641 g/mol. The maximum Gasteiger partial charge on any atom is 0.0782 e. The standard InChI is InChI=1S/C22H48N.C13H30N.BrH.ClH/c1-5-7-9-11-13-15-17-19-21-23(3,4)22-20-18-16-14-12-10-8-6-2;1-5-6-7-8-9-10-11-12-13-14(2,3)4;;/h5-22H2,1-4H3;5-13H2,1-4H3;2*1H/q2*+1;;/p-2. The summed E-state index contributed by atoms with van der Waals surface area (Å²) < 4.78 is 2.36. The normalized spacial score (nSPS) is 11.4. The summed E-state index contributed by atoms with van der Waals surface area (Å²) in [6, 6.07) is 0. The quantitative estimate of drug-likeness (QED) is 0.0856. The van der Waals surface area contributed by atoms with Crippen LogP contribution in [-0.2, 0) is 0 Å². The van der Waals surface area contributed by atoms with E-state index in [-0.39, 0.29) is 29.4 Å². The predicted octanol–water partition coefficient (Wildman–Crippen LogP) is 5.19. The molecule has 0 N–H and O–H groups in total. The third kappa shape index (κ3) is 45.9. The summed E-state index contributed by atoms with van der Waals surface area (Å²) in [4.78, 5) is 0. The van der Waals surface area contributed by atoms with Gasteiger partial charge >= 0.3 is 0 Å². The highest BCUT2D eigenvalue weighted by Crippen LogP contribution is 2.13. The molecule has 0 amide bonds. The smallest absolute Gasteiger partial charge is 0.0782 e. The molecule has 39 heavy (non-hydrogen) atoms. The maximum atomic E-state index is 2.43. The number of quaternary nitrogens is 2. The largest absolute Gasteiger partial charge is 1.00 e. The van der Waals surface area contributed by atoms with Crippen LogP contribution in [0.1, 0.15) is 175 Å². The van der Waals surface area contributed by atoms with Crippen molar-refractivity contribution in [3.63, 3.8) is 0 Å². The van der Waals surface area contributed by atoms with Crippen molar-refractivity contribution in [3.05, 3.63) is 0 Å². The van der Waals surface area contributed by atoms with E-state index >= 15 is 0 Å². The molecule has 0 aromatic rings. The second-order valence-corrected chi connectivity index (χ2v) is 13.8. The van der Waals surface area contributed by atoms with Gasteiger partial charge in [0.05, 0.1) is 54.9 Å². The van der Waals surface area contributed by atoms with Crippen LogP contribution in [0.5, 0.6) is 0 Å². The van der Waals surface area contributed by atoms with E-state index in [0.29, 0.717) is 0 Å². The zero-order chi connectivity index (χ0) is 28.1. The van der Waals surface area contributed by atoms with Crippen LogP contribution in [0.4, 0.5) is 0 Å². The molecule has 0 rings (SSSR count). The van der Waals surface area contributed by atoms with Gasteiger partial charge in [0, 0.05) is 0 Å². The highest BCUT2D eigenvalue weighted by molar-refractivity contribution is 4.49. The molecule has 0 aliphatic heterocycles. The molecule has 0 aromatic carbocycles. The summed E-state index contributed by atoms with van der Waals surface area (Å²) in [5.74, 6) is 0. The Morgan fingerprint density at radius 1 is 0.308 bits per heavy atom. The van der Waals surface area contributed by atoms with Crippen LogP contribution >= 0.6 is 0 Å². The maximum absolute atomic E-state index is 2.43. The molecule has 4 heteroatoms. The Balaban J connectivity index is -0.000000332. The van der Waals surface area contributed by atoms with Crippen molar-refractivity contribution >= 4 is 0 Å². The van der Waals surface area contributed by atoms with Crippen molar-refractivity contribution in [1.29, 1.82) is 0 Å². The summed E-state index contributed by atoms with van der Waals surface area (Å²) in [5, 5.41) is 0. The summed E-state index contributed by atoms with van der Waals surface area (Å²) in [5.41, 5.74) is 0. The van der Waals surface area contributed by atoms with Crippen LogP contribution in [0.15, 0.2) is 0 Å². The molecule has 242 valence electrons. The summed E-state index contributed by atoms with van der Waals surface area (Å²) in [7, 11) is 11.7. The van der Waals surface area contributed by atoms with Gasteiger partial charge in [0.15, 0.2) is 0 Å². The molecule has 0 aliphatic rings. The van der Waals surface area contributed by atoms with Crippen molar-refractivity contribution in [2.45, 2.75) is 175 Å².